The summed E-state index contributed by atoms with van der Waals surface area (Å²) >= 11 is 0. The fourth-order valence-corrected chi connectivity index (χ4v) is 10.0. The number of rotatable bonds is 1. The van der Waals surface area contributed by atoms with Crippen LogP contribution in [0.3, 0.4) is 0 Å². The zero-order valence-electron chi connectivity index (χ0n) is 17.8. The highest BCUT2D eigenvalue weighted by molar-refractivity contribution is 5.82. The summed E-state index contributed by atoms with van der Waals surface area (Å²) in [6.45, 7) is 7.88. The molecule has 152 valence electrons. The van der Waals surface area contributed by atoms with Gasteiger partial charge in [-0.25, -0.2) is 0 Å². The summed E-state index contributed by atoms with van der Waals surface area (Å²) in [5, 5.41) is 10.3. The number of ketones is 1. The van der Waals surface area contributed by atoms with Crippen LogP contribution in [0.2, 0.25) is 0 Å². The second-order valence-electron chi connectivity index (χ2n) is 11.9. The summed E-state index contributed by atoms with van der Waals surface area (Å²) in [5.74, 6) is 4.77. The Kier molecular flexibility index (Phi) is 4.19. The average molecular weight is 373 g/mol. The van der Waals surface area contributed by atoms with Crippen LogP contribution in [-0.2, 0) is 4.79 Å². The highest BCUT2D eigenvalue weighted by atomic mass is 16.3. The molecule has 1 N–H and O–H groups in total. The third-order valence-electron chi connectivity index (χ3n) is 11.4. The Morgan fingerprint density at radius 1 is 0.889 bits per heavy atom. The molecule has 9 atom stereocenters. The van der Waals surface area contributed by atoms with Crippen molar-refractivity contribution in [3.05, 3.63) is 0 Å². The zero-order chi connectivity index (χ0) is 19.0. The molecular formula is C25H40O2. The third kappa shape index (κ3) is 2.31. The van der Waals surface area contributed by atoms with Gasteiger partial charge in [-0.05, 0) is 104 Å². The summed E-state index contributed by atoms with van der Waals surface area (Å²) in [6, 6.07) is 0. The second kappa shape index (κ2) is 6.07. The molecule has 0 heterocycles. The summed E-state index contributed by atoms with van der Waals surface area (Å²) in [6.07, 6.45) is 14.0. The molecule has 5 rings (SSSR count). The van der Waals surface area contributed by atoms with E-state index < -0.39 is 0 Å². The van der Waals surface area contributed by atoms with Crippen molar-refractivity contribution in [1.82, 2.24) is 0 Å². The van der Waals surface area contributed by atoms with Gasteiger partial charge in [-0.15, -0.1) is 0 Å². The van der Waals surface area contributed by atoms with E-state index in [1.165, 1.54) is 57.8 Å². The smallest absolute Gasteiger partial charge is 0.136 e. The molecule has 2 nitrogen and oxygen atoms in total. The summed E-state index contributed by atoms with van der Waals surface area (Å²) in [4.78, 5) is 12.4. The first-order valence-corrected chi connectivity index (χ1v) is 12.0. The molecule has 5 fully saturated rings. The highest BCUT2D eigenvalue weighted by Crippen LogP contribution is 2.71. The van der Waals surface area contributed by atoms with Crippen LogP contribution in [0.5, 0.6) is 0 Å². The van der Waals surface area contributed by atoms with Gasteiger partial charge in [-0.1, -0.05) is 27.2 Å². The number of Topliss-reactive ketones (excluding diaryl/α,β-unsaturated/α-hetero) is 1. The average Bonchev–Trinajstić information content (AvgIpc) is 3.10. The van der Waals surface area contributed by atoms with Crippen molar-refractivity contribution >= 4 is 5.78 Å². The maximum Gasteiger partial charge on any atom is 0.136 e. The number of aliphatic hydroxyl groups excluding tert-OH is 1. The van der Waals surface area contributed by atoms with Crippen LogP contribution < -0.4 is 0 Å². The Hall–Kier alpha value is -0.370. The van der Waals surface area contributed by atoms with Crippen molar-refractivity contribution in [3.63, 3.8) is 0 Å². The van der Waals surface area contributed by atoms with Crippen LogP contribution in [0.4, 0.5) is 0 Å². The fraction of sp³-hybridized carbons (Fsp3) is 0.960. The molecule has 0 radical (unpaired) electrons. The topological polar surface area (TPSA) is 37.3 Å². The minimum absolute atomic E-state index is 0.275. The van der Waals surface area contributed by atoms with E-state index >= 15 is 0 Å². The van der Waals surface area contributed by atoms with Crippen LogP contribution in [0, 0.1) is 51.8 Å². The van der Waals surface area contributed by atoms with E-state index in [4.69, 9.17) is 0 Å². The minimum Gasteiger partial charge on any atom is -0.396 e. The molecule has 5 aliphatic rings. The van der Waals surface area contributed by atoms with Gasteiger partial charge in [0, 0.05) is 18.9 Å². The summed E-state index contributed by atoms with van der Waals surface area (Å²) < 4.78 is 0. The van der Waals surface area contributed by atoms with Gasteiger partial charge in [-0.3, -0.25) is 4.79 Å². The van der Waals surface area contributed by atoms with Crippen LogP contribution in [0.25, 0.3) is 0 Å². The Balaban J connectivity index is 1.47. The lowest BCUT2D eigenvalue weighted by Gasteiger charge is -2.67. The van der Waals surface area contributed by atoms with E-state index in [1.807, 2.05) is 0 Å². The Morgan fingerprint density at radius 2 is 1.63 bits per heavy atom. The van der Waals surface area contributed by atoms with E-state index in [1.54, 1.807) is 0 Å². The van der Waals surface area contributed by atoms with Gasteiger partial charge in [-0.2, -0.15) is 0 Å². The first-order valence-electron chi connectivity index (χ1n) is 12.0. The predicted molar refractivity (Wildman–Crippen MR) is 108 cm³/mol. The van der Waals surface area contributed by atoms with Gasteiger partial charge < -0.3 is 5.11 Å². The normalized spacial score (nSPS) is 57.4. The molecule has 0 amide bonds. The molecule has 2 heteroatoms. The standard InChI is InChI=1S/C25H40O2/c1-16-18-8-12-24(3)19-9-14-25(15-26)11-4-5-20(25)17(19)6-7-22(24)23(18,2)13-10-21(16)27/h16-20,22,26H,4-15H2,1-3H3. The van der Waals surface area contributed by atoms with E-state index in [-0.39, 0.29) is 11.3 Å². The molecule has 5 aliphatic carbocycles. The monoisotopic (exact) mass is 372 g/mol. The summed E-state index contributed by atoms with van der Waals surface area (Å²) in [7, 11) is 0. The van der Waals surface area contributed by atoms with Crippen molar-refractivity contribution in [2.75, 3.05) is 6.61 Å². The lowest BCUT2D eigenvalue weighted by atomic mass is 9.38. The van der Waals surface area contributed by atoms with Crippen molar-refractivity contribution < 1.29 is 9.90 Å². The first kappa shape index (κ1) is 18.6. The molecule has 0 bridgehead atoms. The number of carbonyl (C=O) groups is 1. The maximum absolute atomic E-state index is 12.4. The maximum atomic E-state index is 12.4. The van der Waals surface area contributed by atoms with E-state index in [9.17, 15) is 9.90 Å². The fourth-order valence-electron chi connectivity index (χ4n) is 10.0. The first-order chi connectivity index (χ1) is 12.9. The van der Waals surface area contributed by atoms with E-state index in [0.29, 0.717) is 29.1 Å². The van der Waals surface area contributed by atoms with Crippen LogP contribution in [0.1, 0.15) is 91.4 Å². The van der Waals surface area contributed by atoms with Gasteiger partial charge in [0.15, 0.2) is 0 Å². The Bertz CT molecular complexity index is 628. The van der Waals surface area contributed by atoms with Gasteiger partial charge in [0.25, 0.3) is 0 Å². The zero-order valence-corrected chi connectivity index (χ0v) is 17.8. The second-order valence-corrected chi connectivity index (χ2v) is 11.9. The van der Waals surface area contributed by atoms with Gasteiger partial charge >= 0.3 is 0 Å². The number of hydrogen-bond donors (Lipinski definition) is 1. The molecule has 0 aliphatic heterocycles. The number of carbonyl (C=O) groups excluding carboxylic acids is 1. The molecule has 0 saturated heterocycles. The number of aliphatic hydroxyl groups is 1. The van der Waals surface area contributed by atoms with E-state index in [2.05, 4.69) is 20.8 Å². The van der Waals surface area contributed by atoms with Gasteiger partial charge in [0.05, 0.1) is 0 Å². The highest BCUT2D eigenvalue weighted by Gasteiger charge is 2.64. The Morgan fingerprint density at radius 3 is 2.41 bits per heavy atom. The molecule has 0 aromatic rings. The lowest BCUT2D eigenvalue weighted by molar-refractivity contribution is -0.187. The van der Waals surface area contributed by atoms with Crippen molar-refractivity contribution in [2.24, 2.45) is 51.8 Å². The van der Waals surface area contributed by atoms with Gasteiger partial charge in [0.2, 0.25) is 0 Å². The van der Waals surface area contributed by atoms with Gasteiger partial charge in [0.1, 0.15) is 5.78 Å². The van der Waals surface area contributed by atoms with Crippen LogP contribution in [0.15, 0.2) is 0 Å². The molecule has 9 unspecified atom stereocenters. The lowest BCUT2D eigenvalue weighted by Crippen LogP contribution is -2.61. The van der Waals surface area contributed by atoms with Crippen molar-refractivity contribution in [3.8, 4) is 0 Å². The molecule has 0 aromatic carbocycles. The molecular weight excluding hydrogens is 332 g/mol. The summed E-state index contributed by atoms with van der Waals surface area (Å²) in [5.41, 5.74) is 1.13. The SMILES string of the molecule is CC1C(=O)CCC2(C)C1CCC1(C)C3CCC4(CO)CCCC4C3CCC21. The largest absolute Gasteiger partial charge is 0.396 e. The number of fused-ring (bicyclic) bond motifs is 7. The number of hydrogen-bond acceptors (Lipinski definition) is 2. The predicted octanol–water partition coefficient (Wildman–Crippen LogP) is 5.62. The molecule has 27 heavy (non-hydrogen) atoms. The van der Waals surface area contributed by atoms with E-state index in [0.717, 1.165) is 36.5 Å². The quantitative estimate of drug-likeness (QED) is 0.648. The Labute approximate surface area is 165 Å². The molecule has 0 aromatic heterocycles. The molecule has 0 spiro atoms. The van der Waals surface area contributed by atoms with Crippen molar-refractivity contribution in [2.45, 2.75) is 91.4 Å². The molecule has 5 saturated carbocycles. The van der Waals surface area contributed by atoms with Crippen molar-refractivity contribution in [1.29, 1.82) is 0 Å². The van der Waals surface area contributed by atoms with Crippen LogP contribution >= 0.6 is 0 Å². The van der Waals surface area contributed by atoms with Crippen LogP contribution in [-0.4, -0.2) is 17.5 Å². The third-order valence-corrected chi connectivity index (χ3v) is 11.4. The minimum atomic E-state index is 0.275.